The highest BCUT2D eigenvalue weighted by Crippen LogP contribution is 2.68. The van der Waals surface area contributed by atoms with Gasteiger partial charge in [0.2, 0.25) is 0 Å². The second-order valence-electron chi connectivity index (χ2n) is 11.7. The van der Waals surface area contributed by atoms with E-state index in [9.17, 15) is 14.3 Å². The van der Waals surface area contributed by atoms with Gasteiger partial charge in [0, 0.05) is 12.5 Å². The number of aliphatic hydroxyl groups is 1. The van der Waals surface area contributed by atoms with Gasteiger partial charge in [-0.15, -0.1) is 0 Å². The first kappa shape index (κ1) is 21.7. The fraction of sp³-hybridized carbons (Fsp3) is 0.960. The summed E-state index contributed by atoms with van der Waals surface area (Å²) in [6.07, 6.45) is 10.3. The van der Waals surface area contributed by atoms with Crippen LogP contribution in [0.3, 0.4) is 0 Å². The minimum absolute atomic E-state index is 0.185. The molecule has 10 atom stereocenters. The number of rotatable bonds is 5. The van der Waals surface area contributed by atoms with Crippen molar-refractivity contribution in [3.63, 3.8) is 0 Å². The largest absolute Gasteiger partial charge is 0.393 e. The number of hydrogen-bond donors (Lipinski definition) is 2. The third-order valence-electron chi connectivity index (χ3n) is 10.5. The number of fused-ring (bicyclic) bond motifs is 5. The molecule has 4 rings (SSSR count). The van der Waals surface area contributed by atoms with Crippen LogP contribution in [0.4, 0.5) is 4.39 Å². The quantitative estimate of drug-likeness (QED) is 0.681. The molecule has 29 heavy (non-hydrogen) atoms. The van der Waals surface area contributed by atoms with E-state index >= 15 is 0 Å². The SMILES string of the molecule is C[C@H](CCC(=O)CF)[C@H]1CC[C@H]2[C@@H]3[C@H](O)C[C@@H]4C[C@H](N)CC[C@]4(C)[C@H]3CC[C@]12C. The van der Waals surface area contributed by atoms with Crippen LogP contribution in [0.1, 0.15) is 85.0 Å². The molecule has 4 saturated carbocycles. The Morgan fingerprint density at radius 1 is 1.10 bits per heavy atom. The van der Waals surface area contributed by atoms with Gasteiger partial charge in [0.15, 0.2) is 5.78 Å². The van der Waals surface area contributed by atoms with Gasteiger partial charge in [-0.05, 0) is 104 Å². The number of hydrogen-bond acceptors (Lipinski definition) is 3. The van der Waals surface area contributed by atoms with Gasteiger partial charge in [0.05, 0.1) is 6.10 Å². The summed E-state index contributed by atoms with van der Waals surface area (Å²) in [6, 6.07) is 0.314. The molecule has 0 aromatic carbocycles. The van der Waals surface area contributed by atoms with E-state index in [0.29, 0.717) is 53.4 Å². The number of Topliss-reactive ketones (excluding diaryl/α,β-unsaturated/α-hetero) is 1. The van der Waals surface area contributed by atoms with Crippen molar-refractivity contribution >= 4 is 5.78 Å². The smallest absolute Gasteiger partial charge is 0.163 e. The number of halogens is 1. The number of alkyl halides is 1. The molecule has 0 aromatic heterocycles. The Bertz CT molecular complexity index is 626. The first-order chi connectivity index (χ1) is 13.7. The molecule has 3 nitrogen and oxygen atoms in total. The third kappa shape index (κ3) is 3.50. The number of carbonyl (C=O) groups is 1. The molecule has 4 fully saturated rings. The molecule has 166 valence electrons. The highest BCUT2D eigenvalue weighted by Gasteiger charge is 2.62. The lowest BCUT2D eigenvalue weighted by atomic mass is 9.43. The van der Waals surface area contributed by atoms with Gasteiger partial charge in [-0.3, -0.25) is 4.79 Å². The molecule has 0 saturated heterocycles. The molecule has 0 spiro atoms. The maximum absolute atomic E-state index is 12.6. The van der Waals surface area contributed by atoms with Crippen LogP contribution in [-0.4, -0.2) is 29.7 Å². The highest BCUT2D eigenvalue weighted by atomic mass is 19.1. The van der Waals surface area contributed by atoms with Crippen LogP contribution in [0.15, 0.2) is 0 Å². The Hall–Kier alpha value is -0.480. The van der Waals surface area contributed by atoms with E-state index < -0.39 is 6.67 Å². The Kier molecular flexibility index (Phi) is 5.92. The average molecular weight is 408 g/mol. The molecule has 4 aliphatic carbocycles. The molecule has 4 heteroatoms. The van der Waals surface area contributed by atoms with E-state index in [1.54, 1.807) is 0 Å². The first-order valence-electron chi connectivity index (χ1n) is 12.2. The average Bonchev–Trinajstić information content (AvgIpc) is 3.04. The molecule has 0 aromatic rings. The summed E-state index contributed by atoms with van der Waals surface area (Å²) < 4.78 is 12.6. The Morgan fingerprint density at radius 2 is 1.79 bits per heavy atom. The minimum atomic E-state index is -0.823. The number of nitrogens with two attached hydrogens (primary N) is 1. The van der Waals surface area contributed by atoms with Gasteiger partial charge < -0.3 is 10.8 Å². The van der Waals surface area contributed by atoms with Crippen molar-refractivity contribution in [2.24, 2.45) is 52.1 Å². The van der Waals surface area contributed by atoms with Crippen molar-refractivity contribution in [1.82, 2.24) is 0 Å². The fourth-order valence-electron chi connectivity index (χ4n) is 8.89. The lowest BCUT2D eigenvalue weighted by Crippen LogP contribution is -2.59. The maximum Gasteiger partial charge on any atom is 0.163 e. The van der Waals surface area contributed by atoms with Gasteiger partial charge in [-0.2, -0.15) is 0 Å². The van der Waals surface area contributed by atoms with Crippen molar-refractivity contribution in [2.45, 2.75) is 97.1 Å². The Labute approximate surface area is 176 Å². The summed E-state index contributed by atoms with van der Waals surface area (Å²) in [5.74, 6) is 3.02. The monoisotopic (exact) mass is 407 g/mol. The normalized spacial score (nSPS) is 50.3. The Balaban J connectivity index is 1.53. The first-order valence-corrected chi connectivity index (χ1v) is 12.2. The van der Waals surface area contributed by atoms with Gasteiger partial charge in [0.25, 0.3) is 0 Å². The third-order valence-corrected chi connectivity index (χ3v) is 10.5. The molecule has 0 radical (unpaired) electrons. The van der Waals surface area contributed by atoms with Crippen LogP contribution in [0, 0.1) is 46.3 Å². The molecule has 4 aliphatic rings. The molecule has 0 heterocycles. The van der Waals surface area contributed by atoms with Crippen molar-refractivity contribution in [3.05, 3.63) is 0 Å². The molecule has 0 aliphatic heterocycles. The molecule has 3 N–H and O–H groups in total. The van der Waals surface area contributed by atoms with Crippen LogP contribution in [-0.2, 0) is 4.79 Å². The van der Waals surface area contributed by atoms with Crippen molar-refractivity contribution in [3.8, 4) is 0 Å². The van der Waals surface area contributed by atoms with Crippen LogP contribution in [0.5, 0.6) is 0 Å². The van der Waals surface area contributed by atoms with E-state index in [-0.39, 0.29) is 17.3 Å². The maximum atomic E-state index is 12.6. The number of carbonyl (C=O) groups excluding carboxylic acids is 1. The van der Waals surface area contributed by atoms with E-state index in [1.165, 1.54) is 32.1 Å². The summed E-state index contributed by atoms with van der Waals surface area (Å²) >= 11 is 0. The van der Waals surface area contributed by atoms with Crippen LogP contribution >= 0.6 is 0 Å². The summed E-state index contributed by atoms with van der Waals surface area (Å²) in [5, 5.41) is 11.3. The lowest BCUT2D eigenvalue weighted by Gasteiger charge is -2.62. The van der Waals surface area contributed by atoms with E-state index in [4.69, 9.17) is 5.73 Å². The van der Waals surface area contributed by atoms with Gasteiger partial charge in [-0.1, -0.05) is 20.8 Å². The predicted molar refractivity (Wildman–Crippen MR) is 114 cm³/mol. The van der Waals surface area contributed by atoms with Crippen molar-refractivity contribution < 1.29 is 14.3 Å². The van der Waals surface area contributed by atoms with Crippen LogP contribution in [0.25, 0.3) is 0 Å². The minimum Gasteiger partial charge on any atom is -0.393 e. The lowest BCUT2D eigenvalue weighted by molar-refractivity contribution is -0.166. The van der Waals surface area contributed by atoms with Crippen LogP contribution in [0.2, 0.25) is 0 Å². The van der Waals surface area contributed by atoms with Crippen molar-refractivity contribution in [1.29, 1.82) is 0 Å². The summed E-state index contributed by atoms with van der Waals surface area (Å²) in [6.45, 7) is 6.42. The summed E-state index contributed by atoms with van der Waals surface area (Å²) in [5.41, 5.74) is 6.91. The van der Waals surface area contributed by atoms with E-state index in [0.717, 1.165) is 25.7 Å². The van der Waals surface area contributed by atoms with E-state index in [2.05, 4.69) is 20.8 Å². The molecule has 0 unspecified atom stereocenters. The Morgan fingerprint density at radius 3 is 2.52 bits per heavy atom. The topological polar surface area (TPSA) is 63.3 Å². The second-order valence-corrected chi connectivity index (χ2v) is 11.7. The molecule has 0 bridgehead atoms. The highest BCUT2D eigenvalue weighted by molar-refractivity contribution is 5.79. The van der Waals surface area contributed by atoms with Gasteiger partial charge in [0.1, 0.15) is 6.67 Å². The molecular weight excluding hydrogens is 365 g/mol. The van der Waals surface area contributed by atoms with Crippen molar-refractivity contribution in [2.75, 3.05) is 6.67 Å². The second kappa shape index (κ2) is 7.89. The van der Waals surface area contributed by atoms with Gasteiger partial charge >= 0.3 is 0 Å². The summed E-state index contributed by atoms with van der Waals surface area (Å²) in [7, 11) is 0. The number of aliphatic hydroxyl groups excluding tert-OH is 1. The van der Waals surface area contributed by atoms with Crippen LogP contribution < -0.4 is 5.73 Å². The van der Waals surface area contributed by atoms with Gasteiger partial charge in [-0.25, -0.2) is 4.39 Å². The standard InChI is InChI=1S/C25H42FNO2/c1-15(4-5-18(28)14-26)19-6-7-20-23-21(9-11-25(19,20)3)24(2)10-8-17(27)12-16(24)13-22(23)29/h15-17,19-23,29H,4-14,27H2,1-3H3/t15-,16+,17-,19-,20+,21+,22-,23+,24+,25-/m1/s1. The zero-order valence-electron chi connectivity index (χ0n) is 18.7. The van der Waals surface area contributed by atoms with E-state index in [1.807, 2.05) is 0 Å². The molecular formula is C25H42FNO2. The summed E-state index contributed by atoms with van der Waals surface area (Å²) in [4.78, 5) is 11.5. The number of ketones is 1. The molecule has 0 amide bonds. The fourth-order valence-corrected chi connectivity index (χ4v) is 8.89. The zero-order chi connectivity index (χ0) is 21.0. The predicted octanol–water partition coefficient (Wildman–Crippen LogP) is 4.90. The zero-order valence-corrected chi connectivity index (χ0v) is 18.7.